The molecule has 0 spiro atoms. The standard InChI is InChI=1S/C11H14N.HI.Pd/c1-3-7-11(8-4-1)12-9-5-2-6-10-12;;/h1,3-4,7H,2,5-6,9-10H2;1H;/p-1. The molecule has 1 fully saturated rings. The van der Waals surface area contributed by atoms with Crippen LogP contribution in [-0.2, 0) is 20.4 Å². The number of hydrogen-bond acceptors (Lipinski definition) is 1. The predicted molar refractivity (Wildman–Crippen MR) is 51.3 cm³/mol. The summed E-state index contributed by atoms with van der Waals surface area (Å²) < 4.78 is 0. The topological polar surface area (TPSA) is 3.24 Å². The van der Waals surface area contributed by atoms with Gasteiger partial charge in [-0.2, -0.15) is 0 Å². The number of para-hydroxylation sites is 1. The maximum Gasteiger partial charge on any atom is 0.0446 e. The van der Waals surface area contributed by atoms with E-state index in [-0.39, 0.29) is 44.4 Å². The zero-order valence-corrected chi connectivity index (χ0v) is 11.7. The van der Waals surface area contributed by atoms with Crippen molar-refractivity contribution in [1.29, 1.82) is 0 Å². The first kappa shape index (κ1) is 14.4. The van der Waals surface area contributed by atoms with Crippen LogP contribution in [0.1, 0.15) is 19.3 Å². The molecule has 3 heteroatoms. The second-order valence-corrected chi connectivity index (χ2v) is 3.30. The number of piperidine rings is 1. The molecule has 1 nitrogen and oxygen atoms in total. The minimum Gasteiger partial charge on any atom is -1.00 e. The number of benzene rings is 1. The summed E-state index contributed by atoms with van der Waals surface area (Å²) in [6.07, 6.45) is 4.06. The van der Waals surface area contributed by atoms with Crippen LogP contribution in [-0.4, -0.2) is 13.1 Å². The summed E-state index contributed by atoms with van der Waals surface area (Å²) in [7, 11) is 0. The molecule has 0 N–H and O–H groups in total. The van der Waals surface area contributed by atoms with Crippen molar-refractivity contribution in [1.82, 2.24) is 0 Å². The van der Waals surface area contributed by atoms with Gasteiger partial charge in [0.15, 0.2) is 0 Å². The fourth-order valence-corrected chi connectivity index (χ4v) is 1.72. The molecule has 0 aromatic heterocycles. The Kier molecular flexibility index (Phi) is 7.90. The van der Waals surface area contributed by atoms with Crippen LogP contribution in [0.4, 0.5) is 5.69 Å². The minimum absolute atomic E-state index is 0. The van der Waals surface area contributed by atoms with Crippen LogP contribution >= 0.6 is 0 Å². The molecule has 1 heterocycles. The molecular formula is C11H14INPd-. The average molecular weight is 394 g/mol. The molecule has 14 heavy (non-hydrogen) atoms. The van der Waals surface area contributed by atoms with Gasteiger partial charge in [0, 0.05) is 45.3 Å². The van der Waals surface area contributed by atoms with E-state index in [1.54, 1.807) is 0 Å². The Bertz CT molecular complexity index is 234. The van der Waals surface area contributed by atoms with Crippen LogP contribution in [0.15, 0.2) is 24.3 Å². The Labute approximate surface area is 117 Å². The summed E-state index contributed by atoms with van der Waals surface area (Å²) in [5.74, 6) is 0. The molecule has 81 valence electrons. The molecule has 1 aromatic carbocycles. The molecule has 1 aliphatic rings. The Hall–Kier alpha value is 0.412. The second-order valence-electron chi connectivity index (χ2n) is 3.30. The van der Waals surface area contributed by atoms with E-state index in [2.05, 4.69) is 23.1 Å². The maximum atomic E-state index is 3.26. The van der Waals surface area contributed by atoms with E-state index in [9.17, 15) is 0 Å². The molecule has 0 amide bonds. The van der Waals surface area contributed by atoms with E-state index in [0.29, 0.717) is 0 Å². The van der Waals surface area contributed by atoms with Gasteiger partial charge in [-0.3, -0.25) is 0 Å². The third kappa shape index (κ3) is 3.88. The van der Waals surface area contributed by atoms with Gasteiger partial charge in [-0.1, -0.05) is 18.2 Å². The van der Waals surface area contributed by atoms with E-state index in [0.717, 1.165) is 0 Å². The summed E-state index contributed by atoms with van der Waals surface area (Å²) in [6, 6.07) is 11.5. The molecule has 0 bridgehead atoms. The van der Waals surface area contributed by atoms with Crippen molar-refractivity contribution in [2.45, 2.75) is 19.3 Å². The molecule has 0 saturated carbocycles. The van der Waals surface area contributed by atoms with Crippen molar-refractivity contribution in [3.05, 3.63) is 30.3 Å². The van der Waals surface area contributed by atoms with Gasteiger partial charge in [-0.25, -0.2) is 0 Å². The SMILES string of the molecule is [I-].[Pd].[c]1ccccc1N1CCCCC1. The van der Waals surface area contributed by atoms with Crippen LogP contribution in [0.25, 0.3) is 0 Å². The summed E-state index contributed by atoms with van der Waals surface area (Å²) in [6.45, 7) is 2.42. The minimum atomic E-state index is 0. The van der Waals surface area contributed by atoms with Gasteiger partial charge in [0.05, 0.1) is 0 Å². The van der Waals surface area contributed by atoms with Crippen LogP contribution < -0.4 is 28.9 Å². The fraction of sp³-hybridized carbons (Fsp3) is 0.455. The number of nitrogens with zero attached hydrogens (tertiary/aromatic N) is 1. The van der Waals surface area contributed by atoms with Crippen molar-refractivity contribution < 1.29 is 44.4 Å². The van der Waals surface area contributed by atoms with Crippen molar-refractivity contribution in [3.8, 4) is 0 Å². The van der Waals surface area contributed by atoms with Crippen LogP contribution in [0.3, 0.4) is 0 Å². The molecule has 2 rings (SSSR count). The predicted octanol–water partition coefficient (Wildman–Crippen LogP) is -0.521. The monoisotopic (exact) mass is 393 g/mol. The van der Waals surface area contributed by atoms with Crippen molar-refractivity contribution in [2.75, 3.05) is 18.0 Å². The summed E-state index contributed by atoms with van der Waals surface area (Å²) in [5.41, 5.74) is 1.26. The molecule has 1 aliphatic heterocycles. The first-order valence-corrected chi connectivity index (χ1v) is 4.68. The van der Waals surface area contributed by atoms with Gasteiger partial charge in [0.2, 0.25) is 0 Å². The van der Waals surface area contributed by atoms with Crippen molar-refractivity contribution in [3.63, 3.8) is 0 Å². The zero-order chi connectivity index (χ0) is 8.23. The summed E-state index contributed by atoms with van der Waals surface area (Å²) in [4.78, 5) is 2.42. The van der Waals surface area contributed by atoms with Crippen molar-refractivity contribution in [2.24, 2.45) is 0 Å². The van der Waals surface area contributed by atoms with E-state index in [1.165, 1.54) is 38.0 Å². The largest absolute Gasteiger partial charge is 1.00 e. The van der Waals surface area contributed by atoms with Gasteiger partial charge in [0.1, 0.15) is 0 Å². The molecule has 0 unspecified atom stereocenters. The fourth-order valence-electron chi connectivity index (χ4n) is 1.72. The van der Waals surface area contributed by atoms with Crippen molar-refractivity contribution >= 4 is 5.69 Å². The molecular weight excluding hydrogens is 379 g/mol. The van der Waals surface area contributed by atoms with E-state index >= 15 is 0 Å². The Balaban J connectivity index is 0.000000845. The number of anilines is 1. The maximum absolute atomic E-state index is 3.26. The number of halogens is 1. The van der Waals surface area contributed by atoms with E-state index in [1.807, 2.05) is 12.1 Å². The smallest absolute Gasteiger partial charge is 0.0446 e. The summed E-state index contributed by atoms with van der Waals surface area (Å²) >= 11 is 0. The third-order valence-corrected chi connectivity index (χ3v) is 2.39. The number of hydrogen-bond donors (Lipinski definition) is 0. The molecule has 1 radical (unpaired) electrons. The molecule has 1 aromatic rings. The number of rotatable bonds is 1. The van der Waals surface area contributed by atoms with Crippen LogP contribution in [0, 0.1) is 6.07 Å². The van der Waals surface area contributed by atoms with Gasteiger partial charge >= 0.3 is 0 Å². The Morgan fingerprint density at radius 1 is 1.07 bits per heavy atom. The first-order valence-electron chi connectivity index (χ1n) is 4.68. The van der Waals surface area contributed by atoms with Crippen LogP contribution in [0.2, 0.25) is 0 Å². The van der Waals surface area contributed by atoms with Crippen LogP contribution in [0.5, 0.6) is 0 Å². The Morgan fingerprint density at radius 2 is 1.79 bits per heavy atom. The van der Waals surface area contributed by atoms with Gasteiger partial charge < -0.3 is 28.9 Å². The zero-order valence-electron chi connectivity index (χ0n) is 7.99. The Morgan fingerprint density at radius 3 is 2.36 bits per heavy atom. The summed E-state index contributed by atoms with van der Waals surface area (Å²) in [5, 5.41) is 0. The molecule has 1 saturated heterocycles. The van der Waals surface area contributed by atoms with Gasteiger partial charge in [-0.05, 0) is 25.3 Å². The van der Waals surface area contributed by atoms with Gasteiger partial charge in [0.25, 0.3) is 0 Å². The molecule has 0 atom stereocenters. The van der Waals surface area contributed by atoms with E-state index < -0.39 is 0 Å². The first-order chi connectivity index (χ1) is 5.97. The quantitative estimate of drug-likeness (QED) is 0.459. The van der Waals surface area contributed by atoms with E-state index in [4.69, 9.17) is 0 Å². The molecule has 0 aliphatic carbocycles. The second kappa shape index (κ2) is 7.67. The average Bonchev–Trinajstić information content (AvgIpc) is 2.21. The third-order valence-electron chi connectivity index (χ3n) is 2.39. The normalized spacial score (nSPS) is 15.3. The van der Waals surface area contributed by atoms with Gasteiger partial charge in [-0.15, -0.1) is 0 Å².